The Balaban J connectivity index is 1.99. The molecule has 0 amide bonds. The van der Waals surface area contributed by atoms with E-state index >= 15 is 0 Å². The molecule has 0 saturated heterocycles. The minimum atomic E-state index is -0.440. The summed E-state index contributed by atoms with van der Waals surface area (Å²) in [6.45, 7) is 3.81. The molecule has 0 atom stereocenters. The van der Waals surface area contributed by atoms with Gasteiger partial charge in [0.1, 0.15) is 40.2 Å². The molecule has 1 heterocycles. The fraction of sp³-hybridized carbons (Fsp3) is 0.148. The molecule has 4 rings (SSSR count). The average Bonchev–Trinajstić information content (AvgIpc) is 2.78. The van der Waals surface area contributed by atoms with Gasteiger partial charge in [-0.25, -0.2) is 0 Å². The van der Waals surface area contributed by atoms with E-state index in [0.717, 1.165) is 11.1 Å². The van der Waals surface area contributed by atoms with Crippen LogP contribution in [0.2, 0.25) is 0 Å². The van der Waals surface area contributed by atoms with Gasteiger partial charge in [0.25, 0.3) is 0 Å². The summed E-state index contributed by atoms with van der Waals surface area (Å²) in [6.07, 6.45) is 3.62. The molecular formula is C27H24O6. The van der Waals surface area contributed by atoms with Crippen molar-refractivity contribution < 1.29 is 24.8 Å². The standard InChI is InChI=1S/C27H24O6/c1-15(2)3-12-20-24(30)21(13-16-4-8-18(28)9-5-16)27-23(25(20)31)26(32)22(14-33-27)17-6-10-19(29)11-7-17/h3-11,14,28-31H,12-13H2,1-2H3. The van der Waals surface area contributed by atoms with E-state index in [1.54, 1.807) is 24.3 Å². The molecule has 6 heteroatoms. The number of aromatic hydroxyl groups is 4. The molecule has 4 N–H and O–H groups in total. The lowest BCUT2D eigenvalue weighted by molar-refractivity contribution is 0.438. The Morgan fingerprint density at radius 2 is 1.45 bits per heavy atom. The quantitative estimate of drug-likeness (QED) is 0.308. The number of fused-ring (bicyclic) bond motifs is 1. The zero-order chi connectivity index (χ0) is 23.7. The highest BCUT2D eigenvalue weighted by Crippen LogP contribution is 2.41. The van der Waals surface area contributed by atoms with Crippen LogP contribution in [-0.4, -0.2) is 20.4 Å². The zero-order valence-electron chi connectivity index (χ0n) is 18.3. The number of hydrogen-bond donors (Lipinski definition) is 4. The Morgan fingerprint density at radius 1 is 0.848 bits per heavy atom. The van der Waals surface area contributed by atoms with Gasteiger partial charge in [0.05, 0.1) is 5.56 Å². The molecule has 33 heavy (non-hydrogen) atoms. The van der Waals surface area contributed by atoms with Crippen LogP contribution in [0.25, 0.3) is 22.1 Å². The second kappa shape index (κ2) is 8.74. The molecule has 168 valence electrons. The van der Waals surface area contributed by atoms with E-state index in [2.05, 4.69) is 0 Å². The van der Waals surface area contributed by atoms with Crippen LogP contribution in [0.3, 0.4) is 0 Å². The zero-order valence-corrected chi connectivity index (χ0v) is 18.3. The molecule has 0 radical (unpaired) electrons. The lowest BCUT2D eigenvalue weighted by Crippen LogP contribution is -2.08. The lowest BCUT2D eigenvalue weighted by Gasteiger charge is -2.15. The monoisotopic (exact) mass is 444 g/mol. The van der Waals surface area contributed by atoms with E-state index in [1.807, 2.05) is 19.9 Å². The molecule has 0 spiro atoms. The SMILES string of the molecule is CC(C)=CCc1c(O)c(Cc2ccc(O)cc2)c2occ(-c3ccc(O)cc3)c(=O)c2c1O. The predicted octanol–water partition coefficient (Wildman–Crippen LogP) is 5.38. The van der Waals surface area contributed by atoms with Gasteiger partial charge in [0.15, 0.2) is 0 Å². The lowest BCUT2D eigenvalue weighted by atomic mass is 9.94. The molecule has 0 saturated carbocycles. The number of phenolic OH excluding ortho intramolecular Hbond substituents is 4. The minimum Gasteiger partial charge on any atom is -0.508 e. The first-order valence-electron chi connectivity index (χ1n) is 10.5. The van der Waals surface area contributed by atoms with E-state index in [4.69, 9.17) is 4.42 Å². The minimum absolute atomic E-state index is 0.00990. The van der Waals surface area contributed by atoms with Crippen molar-refractivity contribution in [2.45, 2.75) is 26.7 Å². The van der Waals surface area contributed by atoms with Crippen molar-refractivity contribution in [3.8, 4) is 34.1 Å². The first-order valence-corrected chi connectivity index (χ1v) is 10.5. The Morgan fingerprint density at radius 3 is 2.06 bits per heavy atom. The molecule has 4 aromatic rings. The highest BCUT2D eigenvalue weighted by molar-refractivity contribution is 5.92. The summed E-state index contributed by atoms with van der Waals surface area (Å²) < 4.78 is 5.83. The summed E-state index contributed by atoms with van der Waals surface area (Å²) >= 11 is 0. The van der Waals surface area contributed by atoms with Crippen molar-refractivity contribution >= 4 is 11.0 Å². The molecular weight excluding hydrogens is 420 g/mol. The van der Waals surface area contributed by atoms with Crippen LogP contribution in [0.15, 0.2) is 75.7 Å². The fourth-order valence-electron chi connectivity index (χ4n) is 3.78. The molecule has 0 bridgehead atoms. The summed E-state index contributed by atoms with van der Waals surface area (Å²) in [7, 11) is 0. The van der Waals surface area contributed by atoms with E-state index in [-0.39, 0.29) is 57.9 Å². The topological polar surface area (TPSA) is 111 Å². The van der Waals surface area contributed by atoms with Crippen molar-refractivity contribution in [3.05, 3.63) is 93.4 Å². The van der Waals surface area contributed by atoms with Crippen LogP contribution in [0.1, 0.15) is 30.5 Å². The molecule has 0 fully saturated rings. The molecule has 6 nitrogen and oxygen atoms in total. The number of benzene rings is 3. The molecule has 1 aromatic heterocycles. The second-order valence-electron chi connectivity index (χ2n) is 8.21. The van der Waals surface area contributed by atoms with Gasteiger partial charge >= 0.3 is 0 Å². The van der Waals surface area contributed by atoms with Gasteiger partial charge in [0.2, 0.25) is 5.43 Å². The number of allylic oxidation sites excluding steroid dienone is 2. The van der Waals surface area contributed by atoms with Crippen LogP contribution in [0, 0.1) is 0 Å². The maximum absolute atomic E-state index is 13.5. The summed E-state index contributed by atoms with van der Waals surface area (Å²) in [6, 6.07) is 12.6. The van der Waals surface area contributed by atoms with Crippen molar-refractivity contribution in [2.75, 3.05) is 0 Å². The van der Waals surface area contributed by atoms with Gasteiger partial charge in [-0.15, -0.1) is 0 Å². The number of hydrogen-bond acceptors (Lipinski definition) is 6. The largest absolute Gasteiger partial charge is 0.508 e. The van der Waals surface area contributed by atoms with E-state index in [9.17, 15) is 25.2 Å². The maximum atomic E-state index is 13.5. The highest BCUT2D eigenvalue weighted by atomic mass is 16.3. The molecule has 0 aliphatic heterocycles. The normalized spacial score (nSPS) is 11.0. The second-order valence-corrected chi connectivity index (χ2v) is 8.21. The van der Waals surface area contributed by atoms with Gasteiger partial charge in [-0.05, 0) is 55.7 Å². The smallest absolute Gasteiger partial charge is 0.204 e. The van der Waals surface area contributed by atoms with Crippen molar-refractivity contribution in [3.63, 3.8) is 0 Å². The summed E-state index contributed by atoms with van der Waals surface area (Å²) in [5.74, 6) is -0.264. The van der Waals surface area contributed by atoms with Crippen molar-refractivity contribution in [2.24, 2.45) is 0 Å². The first-order chi connectivity index (χ1) is 15.8. The third kappa shape index (κ3) is 4.28. The van der Waals surface area contributed by atoms with Gasteiger partial charge in [-0.2, -0.15) is 0 Å². The molecule has 0 aliphatic rings. The summed E-state index contributed by atoms with van der Waals surface area (Å²) in [5.41, 5.74) is 2.82. The van der Waals surface area contributed by atoms with Gasteiger partial charge in [-0.1, -0.05) is 35.9 Å². The molecule has 0 unspecified atom stereocenters. The Hall–Kier alpha value is -4.19. The first kappa shape index (κ1) is 22.0. The Kier molecular flexibility index (Phi) is 5.84. The molecule has 0 aliphatic carbocycles. The van der Waals surface area contributed by atoms with Crippen LogP contribution in [0.4, 0.5) is 0 Å². The van der Waals surface area contributed by atoms with Gasteiger partial charge in [0, 0.05) is 17.5 Å². The highest BCUT2D eigenvalue weighted by Gasteiger charge is 2.24. The van der Waals surface area contributed by atoms with Crippen molar-refractivity contribution in [1.82, 2.24) is 0 Å². The third-order valence-corrected chi connectivity index (χ3v) is 5.57. The number of phenols is 4. The number of rotatable bonds is 5. The van der Waals surface area contributed by atoms with Crippen molar-refractivity contribution in [1.29, 1.82) is 0 Å². The summed E-state index contributed by atoms with van der Waals surface area (Å²) in [4.78, 5) is 13.5. The summed E-state index contributed by atoms with van der Waals surface area (Å²) in [5, 5.41) is 41.3. The maximum Gasteiger partial charge on any atom is 0.204 e. The predicted molar refractivity (Wildman–Crippen MR) is 127 cm³/mol. The van der Waals surface area contributed by atoms with Gasteiger partial charge in [-0.3, -0.25) is 4.79 Å². The Bertz CT molecular complexity index is 1410. The van der Waals surface area contributed by atoms with E-state index < -0.39 is 5.43 Å². The van der Waals surface area contributed by atoms with Crippen LogP contribution in [-0.2, 0) is 12.8 Å². The van der Waals surface area contributed by atoms with Crippen LogP contribution >= 0.6 is 0 Å². The van der Waals surface area contributed by atoms with Crippen LogP contribution in [0.5, 0.6) is 23.0 Å². The third-order valence-electron chi connectivity index (χ3n) is 5.57. The van der Waals surface area contributed by atoms with Gasteiger partial charge < -0.3 is 24.8 Å². The van der Waals surface area contributed by atoms with E-state index in [0.29, 0.717) is 11.1 Å². The fourth-order valence-corrected chi connectivity index (χ4v) is 3.78. The van der Waals surface area contributed by atoms with Crippen LogP contribution < -0.4 is 5.43 Å². The average molecular weight is 444 g/mol. The Labute approximate surface area is 190 Å². The van der Waals surface area contributed by atoms with E-state index in [1.165, 1.54) is 30.5 Å². The molecule has 3 aromatic carbocycles.